The van der Waals surface area contributed by atoms with E-state index in [1.165, 1.54) is 43.7 Å². The lowest BCUT2D eigenvalue weighted by Crippen LogP contribution is -1.95. The maximum absolute atomic E-state index is 14.7. The molecule has 3 rings (SSSR count). The number of benzene rings is 3. The van der Waals surface area contributed by atoms with Crippen LogP contribution in [0.3, 0.4) is 0 Å². The van der Waals surface area contributed by atoms with E-state index in [1.807, 2.05) is 24.3 Å². The summed E-state index contributed by atoms with van der Waals surface area (Å²) in [5, 5.41) is 0. The van der Waals surface area contributed by atoms with Gasteiger partial charge in [-0.1, -0.05) is 56.2 Å². The fraction of sp³-hybridized carbons (Fsp3) is 0.250. The van der Waals surface area contributed by atoms with Gasteiger partial charge in [-0.15, -0.1) is 0 Å². The third-order valence-electron chi connectivity index (χ3n) is 4.88. The first-order valence-corrected chi connectivity index (χ1v) is 9.46. The second-order valence-corrected chi connectivity index (χ2v) is 6.79. The first kappa shape index (κ1) is 20.0. The Morgan fingerprint density at radius 3 is 2.07 bits per heavy atom. The maximum Gasteiger partial charge on any atom is 0.201 e. The van der Waals surface area contributed by atoms with Gasteiger partial charge in [0, 0.05) is 11.1 Å². The van der Waals surface area contributed by atoms with E-state index in [0.29, 0.717) is 5.56 Å². The van der Waals surface area contributed by atoms with Crippen molar-refractivity contribution >= 4 is 0 Å². The van der Waals surface area contributed by atoms with E-state index in [2.05, 4.69) is 6.92 Å². The minimum atomic E-state index is -1.08. The van der Waals surface area contributed by atoms with Crippen molar-refractivity contribution in [1.82, 2.24) is 0 Å². The number of unbranched alkanes of at least 4 members (excludes halogenated alkanes) is 2. The molecule has 0 aliphatic rings. The molecule has 0 saturated carbocycles. The van der Waals surface area contributed by atoms with E-state index in [-0.39, 0.29) is 16.9 Å². The molecule has 0 amide bonds. The summed E-state index contributed by atoms with van der Waals surface area (Å²) in [6.07, 6.45) is 4.52. The second kappa shape index (κ2) is 8.96. The quantitative estimate of drug-likeness (QED) is 0.392. The highest BCUT2D eigenvalue weighted by molar-refractivity contribution is 5.72. The van der Waals surface area contributed by atoms with Crippen molar-refractivity contribution in [3.8, 4) is 28.0 Å². The van der Waals surface area contributed by atoms with Gasteiger partial charge in [0.15, 0.2) is 11.6 Å². The highest BCUT2D eigenvalue weighted by atomic mass is 19.2. The summed E-state index contributed by atoms with van der Waals surface area (Å²) in [7, 11) is 1.26. The Kier molecular flexibility index (Phi) is 6.40. The minimum Gasteiger partial charge on any atom is -0.494 e. The van der Waals surface area contributed by atoms with Crippen molar-refractivity contribution in [3.05, 3.63) is 77.6 Å². The molecule has 146 valence electrons. The summed E-state index contributed by atoms with van der Waals surface area (Å²) in [5.74, 6) is -2.80. The summed E-state index contributed by atoms with van der Waals surface area (Å²) >= 11 is 0. The first-order chi connectivity index (χ1) is 13.5. The van der Waals surface area contributed by atoms with E-state index >= 15 is 0 Å². The van der Waals surface area contributed by atoms with Gasteiger partial charge in [-0.2, -0.15) is 4.39 Å². The lowest BCUT2D eigenvalue weighted by molar-refractivity contribution is 0.372. The SMILES string of the molecule is CCCCCc1ccc(-c2ccc(-c3ccc(OC)c(F)c3F)cc2F)cc1. The standard InChI is InChI=1S/C24H23F3O/c1-3-4-5-6-16-7-9-17(10-8-16)19-12-11-18(15-21(19)25)20-13-14-22(28-2)24(27)23(20)26/h7-15H,3-6H2,1-2H3. The van der Waals surface area contributed by atoms with Gasteiger partial charge >= 0.3 is 0 Å². The first-order valence-electron chi connectivity index (χ1n) is 9.46. The topological polar surface area (TPSA) is 9.23 Å². The predicted octanol–water partition coefficient (Wildman–Crippen LogP) is 7.18. The van der Waals surface area contributed by atoms with Gasteiger partial charge in [0.25, 0.3) is 0 Å². The van der Waals surface area contributed by atoms with E-state index in [9.17, 15) is 13.2 Å². The van der Waals surface area contributed by atoms with Crippen LogP contribution in [0.15, 0.2) is 54.6 Å². The molecule has 1 nitrogen and oxygen atoms in total. The van der Waals surface area contributed by atoms with Crippen molar-refractivity contribution in [1.29, 1.82) is 0 Å². The molecule has 28 heavy (non-hydrogen) atoms. The zero-order valence-electron chi connectivity index (χ0n) is 16.1. The van der Waals surface area contributed by atoms with Gasteiger partial charge in [0.2, 0.25) is 5.82 Å². The van der Waals surface area contributed by atoms with E-state index in [0.717, 1.165) is 18.4 Å². The van der Waals surface area contributed by atoms with Crippen molar-refractivity contribution in [3.63, 3.8) is 0 Å². The predicted molar refractivity (Wildman–Crippen MR) is 107 cm³/mol. The summed E-state index contributed by atoms with van der Waals surface area (Å²) in [5.41, 5.74) is 2.68. The molecule has 0 heterocycles. The average molecular weight is 384 g/mol. The Morgan fingerprint density at radius 2 is 1.43 bits per heavy atom. The van der Waals surface area contributed by atoms with Gasteiger partial charge in [-0.05, 0) is 47.7 Å². The van der Waals surface area contributed by atoms with Crippen LogP contribution in [0.1, 0.15) is 31.7 Å². The van der Waals surface area contributed by atoms with Gasteiger partial charge in [0.05, 0.1) is 7.11 Å². The molecule has 3 aromatic carbocycles. The van der Waals surface area contributed by atoms with Crippen molar-refractivity contribution < 1.29 is 17.9 Å². The van der Waals surface area contributed by atoms with Crippen LogP contribution in [0.5, 0.6) is 5.75 Å². The number of hydrogen-bond acceptors (Lipinski definition) is 1. The second-order valence-electron chi connectivity index (χ2n) is 6.79. The van der Waals surface area contributed by atoms with Gasteiger partial charge in [-0.25, -0.2) is 8.78 Å². The smallest absolute Gasteiger partial charge is 0.201 e. The summed E-state index contributed by atoms with van der Waals surface area (Å²) in [6, 6.07) is 15.0. The maximum atomic E-state index is 14.7. The third-order valence-corrected chi connectivity index (χ3v) is 4.88. The summed E-state index contributed by atoms with van der Waals surface area (Å²) in [6.45, 7) is 2.17. The molecule has 0 atom stereocenters. The highest BCUT2D eigenvalue weighted by Crippen LogP contribution is 2.32. The Hall–Kier alpha value is -2.75. The van der Waals surface area contributed by atoms with Crippen LogP contribution >= 0.6 is 0 Å². The lowest BCUT2D eigenvalue weighted by Gasteiger charge is -2.10. The Morgan fingerprint density at radius 1 is 0.750 bits per heavy atom. The number of methoxy groups -OCH3 is 1. The number of aryl methyl sites for hydroxylation is 1. The third kappa shape index (κ3) is 4.22. The number of ether oxygens (including phenoxy) is 1. The molecule has 0 aliphatic heterocycles. The molecular formula is C24H23F3O. The minimum absolute atomic E-state index is 0.00461. The van der Waals surface area contributed by atoms with Crippen molar-refractivity contribution in [2.75, 3.05) is 7.11 Å². The van der Waals surface area contributed by atoms with Crippen molar-refractivity contribution in [2.45, 2.75) is 32.6 Å². The molecule has 0 aliphatic carbocycles. The number of halogens is 3. The molecule has 0 spiro atoms. The van der Waals surface area contributed by atoms with Crippen LogP contribution in [0.4, 0.5) is 13.2 Å². The normalized spacial score (nSPS) is 10.9. The van der Waals surface area contributed by atoms with Crippen LogP contribution in [-0.4, -0.2) is 7.11 Å². The molecule has 0 fully saturated rings. The molecule has 0 N–H and O–H groups in total. The monoisotopic (exact) mass is 384 g/mol. The van der Waals surface area contributed by atoms with Crippen LogP contribution in [0, 0.1) is 17.5 Å². The Labute approximate surface area is 163 Å². The van der Waals surface area contributed by atoms with Crippen LogP contribution in [0.25, 0.3) is 22.3 Å². The summed E-state index contributed by atoms with van der Waals surface area (Å²) in [4.78, 5) is 0. The number of hydrogen-bond donors (Lipinski definition) is 0. The van der Waals surface area contributed by atoms with E-state index in [1.54, 1.807) is 12.1 Å². The highest BCUT2D eigenvalue weighted by Gasteiger charge is 2.16. The number of rotatable bonds is 7. The Bertz CT molecular complexity index is 949. The lowest BCUT2D eigenvalue weighted by atomic mass is 9.97. The molecule has 0 aromatic heterocycles. The fourth-order valence-electron chi connectivity index (χ4n) is 3.26. The molecule has 0 bridgehead atoms. The van der Waals surface area contributed by atoms with Crippen LogP contribution < -0.4 is 4.74 Å². The zero-order chi connectivity index (χ0) is 20.1. The molecule has 4 heteroatoms. The van der Waals surface area contributed by atoms with Gasteiger partial charge < -0.3 is 4.74 Å². The molecule has 0 radical (unpaired) electrons. The Balaban J connectivity index is 1.86. The zero-order valence-corrected chi connectivity index (χ0v) is 16.1. The molecule has 3 aromatic rings. The van der Waals surface area contributed by atoms with Crippen LogP contribution in [-0.2, 0) is 6.42 Å². The fourth-order valence-corrected chi connectivity index (χ4v) is 3.26. The molecule has 0 unspecified atom stereocenters. The molecular weight excluding hydrogens is 361 g/mol. The average Bonchev–Trinajstić information content (AvgIpc) is 2.71. The van der Waals surface area contributed by atoms with Crippen LogP contribution in [0.2, 0.25) is 0 Å². The summed E-state index contributed by atoms with van der Waals surface area (Å²) < 4.78 is 47.7. The van der Waals surface area contributed by atoms with E-state index < -0.39 is 17.5 Å². The van der Waals surface area contributed by atoms with E-state index in [4.69, 9.17) is 4.74 Å². The molecule has 0 saturated heterocycles. The van der Waals surface area contributed by atoms with Crippen molar-refractivity contribution in [2.24, 2.45) is 0 Å². The largest absolute Gasteiger partial charge is 0.494 e. The van der Waals surface area contributed by atoms with Gasteiger partial charge in [0.1, 0.15) is 5.82 Å². The van der Waals surface area contributed by atoms with Gasteiger partial charge in [-0.3, -0.25) is 0 Å².